The van der Waals surface area contributed by atoms with E-state index in [9.17, 15) is 13.2 Å². The Morgan fingerprint density at radius 2 is 1.74 bits per heavy atom. The molecule has 5 nitrogen and oxygen atoms in total. The third kappa shape index (κ3) is 4.06. The first-order valence-electron chi connectivity index (χ1n) is 9.17. The van der Waals surface area contributed by atoms with Crippen LogP contribution in [-0.4, -0.2) is 44.2 Å². The summed E-state index contributed by atoms with van der Waals surface area (Å²) in [6.45, 7) is 1.73. The highest BCUT2D eigenvalue weighted by atomic mass is 32.2. The largest absolute Gasteiger partial charge is 0.338 e. The van der Waals surface area contributed by atoms with Crippen molar-refractivity contribution in [3.05, 3.63) is 65.2 Å². The second kappa shape index (κ2) is 7.82. The van der Waals surface area contributed by atoms with Gasteiger partial charge in [-0.05, 0) is 49.4 Å². The summed E-state index contributed by atoms with van der Waals surface area (Å²) in [4.78, 5) is 14.7. The summed E-state index contributed by atoms with van der Waals surface area (Å²) in [6.07, 6.45) is 2.95. The third-order valence-electron chi connectivity index (χ3n) is 5.29. The minimum Gasteiger partial charge on any atom is -0.338 e. The molecule has 1 amide bonds. The fourth-order valence-corrected chi connectivity index (χ4v) is 4.70. The molecule has 1 aliphatic rings. The number of carbonyl (C=O) groups excluding carboxylic acids is 1. The van der Waals surface area contributed by atoms with E-state index in [0.29, 0.717) is 0 Å². The molecule has 0 bridgehead atoms. The number of sulfonamides is 1. The topological polar surface area (TPSA) is 57.7 Å². The second-order valence-electron chi connectivity index (χ2n) is 7.19. The molecule has 6 heteroatoms. The molecule has 1 atom stereocenters. The fraction of sp³-hybridized carbons (Fsp3) is 0.381. The van der Waals surface area contributed by atoms with E-state index in [1.807, 2.05) is 19.1 Å². The SMILES string of the molecule is Cc1ccc(S(=O)(=O)N(C)CC(=O)N(C)C2CCCc3ccccc32)cc1. The van der Waals surface area contributed by atoms with Crippen LogP contribution in [-0.2, 0) is 21.2 Å². The number of hydrogen-bond donors (Lipinski definition) is 0. The number of amides is 1. The molecule has 1 unspecified atom stereocenters. The standard InChI is InChI=1S/C21H26N2O3S/c1-16-11-13-18(14-12-16)27(25,26)22(2)15-21(24)23(3)20-10-6-8-17-7-4-5-9-19(17)20/h4-5,7,9,11-14,20H,6,8,10,15H2,1-3H3. The van der Waals surface area contributed by atoms with Gasteiger partial charge >= 0.3 is 0 Å². The van der Waals surface area contributed by atoms with Gasteiger partial charge in [0.15, 0.2) is 0 Å². The third-order valence-corrected chi connectivity index (χ3v) is 7.10. The lowest BCUT2D eigenvalue weighted by Crippen LogP contribution is -2.41. The Kier molecular flexibility index (Phi) is 5.67. The molecule has 0 aliphatic heterocycles. The van der Waals surface area contributed by atoms with Gasteiger partial charge in [0, 0.05) is 14.1 Å². The number of carbonyl (C=O) groups is 1. The van der Waals surface area contributed by atoms with E-state index < -0.39 is 10.0 Å². The van der Waals surface area contributed by atoms with Crippen molar-refractivity contribution in [2.45, 2.75) is 37.1 Å². The van der Waals surface area contributed by atoms with Gasteiger partial charge in [0.25, 0.3) is 0 Å². The predicted molar refractivity (Wildman–Crippen MR) is 106 cm³/mol. The van der Waals surface area contributed by atoms with Crippen molar-refractivity contribution in [3.63, 3.8) is 0 Å². The van der Waals surface area contributed by atoms with Crippen LogP contribution in [0.3, 0.4) is 0 Å². The van der Waals surface area contributed by atoms with E-state index in [2.05, 4.69) is 12.1 Å². The molecule has 0 N–H and O–H groups in total. The number of benzene rings is 2. The fourth-order valence-electron chi connectivity index (χ4n) is 3.58. The molecule has 0 radical (unpaired) electrons. The first kappa shape index (κ1) is 19.6. The van der Waals surface area contributed by atoms with Crippen LogP contribution in [0.5, 0.6) is 0 Å². The Morgan fingerprint density at radius 3 is 2.44 bits per heavy atom. The monoisotopic (exact) mass is 386 g/mol. The van der Waals surface area contributed by atoms with E-state index in [1.54, 1.807) is 36.2 Å². The van der Waals surface area contributed by atoms with Gasteiger partial charge in [-0.25, -0.2) is 8.42 Å². The minimum atomic E-state index is -3.69. The Balaban J connectivity index is 1.74. The summed E-state index contributed by atoms with van der Waals surface area (Å²) in [5.41, 5.74) is 3.43. The van der Waals surface area contributed by atoms with Gasteiger partial charge in [0.1, 0.15) is 0 Å². The zero-order chi connectivity index (χ0) is 19.6. The Morgan fingerprint density at radius 1 is 1.07 bits per heavy atom. The van der Waals surface area contributed by atoms with Crippen LogP contribution < -0.4 is 0 Å². The maximum Gasteiger partial charge on any atom is 0.243 e. The van der Waals surface area contributed by atoms with Crippen molar-refractivity contribution in [3.8, 4) is 0 Å². The van der Waals surface area contributed by atoms with Crippen LogP contribution in [0.1, 0.15) is 35.6 Å². The summed E-state index contributed by atoms with van der Waals surface area (Å²) < 4.78 is 26.6. The van der Waals surface area contributed by atoms with Crippen LogP contribution in [0.2, 0.25) is 0 Å². The number of fused-ring (bicyclic) bond motifs is 1. The Bertz CT molecular complexity index is 923. The molecule has 0 spiro atoms. The molecule has 2 aromatic rings. The molecule has 0 heterocycles. The highest BCUT2D eigenvalue weighted by Crippen LogP contribution is 2.33. The molecule has 0 saturated carbocycles. The minimum absolute atomic E-state index is 0.00192. The lowest BCUT2D eigenvalue weighted by atomic mass is 9.87. The lowest BCUT2D eigenvalue weighted by molar-refractivity contribution is -0.132. The van der Waals surface area contributed by atoms with E-state index in [4.69, 9.17) is 0 Å². The second-order valence-corrected chi connectivity index (χ2v) is 9.23. The maximum atomic E-state index is 12.8. The molecule has 27 heavy (non-hydrogen) atoms. The van der Waals surface area contributed by atoms with Gasteiger partial charge in [0.05, 0.1) is 17.5 Å². The summed E-state index contributed by atoms with van der Waals surface area (Å²) in [6, 6.07) is 14.8. The number of nitrogens with zero attached hydrogens (tertiary/aromatic N) is 2. The van der Waals surface area contributed by atoms with Gasteiger partial charge in [-0.3, -0.25) is 4.79 Å². The number of rotatable bonds is 5. The normalized spacial score (nSPS) is 16.8. The molecule has 0 saturated heterocycles. The summed E-state index contributed by atoms with van der Waals surface area (Å²) in [5, 5.41) is 0. The molecule has 144 valence electrons. The zero-order valence-corrected chi connectivity index (χ0v) is 16.9. The molecular weight excluding hydrogens is 360 g/mol. The van der Waals surface area contributed by atoms with Crippen molar-refractivity contribution in [1.82, 2.24) is 9.21 Å². The highest BCUT2D eigenvalue weighted by Gasteiger charge is 2.29. The average Bonchev–Trinajstić information content (AvgIpc) is 2.67. The van der Waals surface area contributed by atoms with E-state index in [-0.39, 0.29) is 23.4 Å². The van der Waals surface area contributed by atoms with E-state index >= 15 is 0 Å². The Labute approximate surface area is 161 Å². The first-order chi connectivity index (χ1) is 12.8. The molecule has 2 aromatic carbocycles. The van der Waals surface area contributed by atoms with Crippen molar-refractivity contribution in [1.29, 1.82) is 0 Å². The zero-order valence-electron chi connectivity index (χ0n) is 16.1. The summed E-state index contributed by atoms with van der Waals surface area (Å²) in [5.74, 6) is -0.199. The Hall–Kier alpha value is -2.18. The molecule has 1 aliphatic carbocycles. The van der Waals surface area contributed by atoms with Gasteiger partial charge < -0.3 is 4.90 Å². The number of likely N-dealkylation sites (N-methyl/N-ethyl adjacent to an activating group) is 2. The average molecular weight is 387 g/mol. The van der Waals surface area contributed by atoms with Crippen LogP contribution in [0.15, 0.2) is 53.4 Å². The van der Waals surface area contributed by atoms with Crippen molar-refractivity contribution in [2.24, 2.45) is 0 Å². The smallest absolute Gasteiger partial charge is 0.243 e. The van der Waals surface area contributed by atoms with Crippen molar-refractivity contribution < 1.29 is 13.2 Å². The van der Waals surface area contributed by atoms with Crippen molar-refractivity contribution >= 4 is 15.9 Å². The predicted octanol–water partition coefficient (Wildman–Crippen LogP) is 3.15. The lowest BCUT2D eigenvalue weighted by Gasteiger charge is -2.34. The summed E-state index contributed by atoms with van der Waals surface area (Å²) in [7, 11) is -0.470. The van der Waals surface area contributed by atoms with E-state index in [1.165, 1.54) is 18.2 Å². The van der Waals surface area contributed by atoms with Crippen LogP contribution in [0.4, 0.5) is 0 Å². The van der Waals surface area contributed by atoms with E-state index in [0.717, 1.165) is 29.1 Å². The maximum absolute atomic E-state index is 12.8. The number of hydrogen-bond acceptors (Lipinski definition) is 3. The van der Waals surface area contributed by atoms with Gasteiger partial charge in [-0.2, -0.15) is 4.31 Å². The molecule has 3 rings (SSSR count). The molecule has 0 aromatic heterocycles. The van der Waals surface area contributed by atoms with Gasteiger partial charge in [0.2, 0.25) is 15.9 Å². The quantitative estimate of drug-likeness (QED) is 0.793. The first-order valence-corrected chi connectivity index (χ1v) is 10.6. The van der Waals surface area contributed by atoms with Crippen LogP contribution in [0, 0.1) is 6.92 Å². The molecule has 0 fully saturated rings. The van der Waals surface area contributed by atoms with Crippen LogP contribution >= 0.6 is 0 Å². The highest BCUT2D eigenvalue weighted by molar-refractivity contribution is 7.89. The van der Waals surface area contributed by atoms with Gasteiger partial charge in [-0.15, -0.1) is 0 Å². The van der Waals surface area contributed by atoms with Gasteiger partial charge in [-0.1, -0.05) is 42.0 Å². The summed E-state index contributed by atoms with van der Waals surface area (Å²) >= 11 is 0. The van der Waals surface area contributed by atoms with Crippen molar-refractivity contribution in [2.75, 3.05) is 20.6 Å². The molecular formula is C21H26N2O3S. The van der Waals surface area contributed by atoms with Crippen LogP contribution in [0.25, 0.3) is 0 Å². The number of aryl methyl sites for hydroxylation is 2.